The summed E-state index contributed by atoms with van der Waals surface area (Å²) in [6.07, 6.45) is -3.80. The average molecular weight is 1430 g/mol. The van der Waals surface area contributed by atoms with Gasteiger partial charge in [-0.1, -0.05) is 0 Å². The van der Waals surface area contributed by atoms with Crippen molar-refractivity contribution in [2.75, 3.05) is 50.0 Å². The Morgan fingerprint density at radius 1 is 0.604 bits per heavy atom. The minimum Gasteiger partial charge on any atom is -0.504 e. The summed E-state index contributed by atoms with van der Waals surface area (Å²) in [5.74, 6) is -19.2. The third-order valence-corrected chi connectivity index (χ3v) is 15.6. The van der Waals surface area contributed by atoms with E-state index in [-0.39, 0.29) is 68.1 Å². The molecule has 556 valence electrons. The van der Waals surface area contributed by atoms with Crippen LogP contribution in [0, 0.1) is 0 Å². The lowest BCUT2D eigenvalue weighted by Crippen LogP contribution is -2.62. The quantitative estimate of drug-likeness (QED) is 0.0219. The molecule has 0 spiro atoms. The van der Waals surface area contributed by atoms with Gasteiger partial charge in [-0.05, 0) is 98.2 Å². The first kappa shape index (κ1) is 82.3. The number of hydroxylamine groups is 2. The number of benzene rings is 1. The maximum atomic E-state index is 14.1. The van der Waals surface area contributed by atoms with Crippen LogP contribution in [0.5, 0.6) is 5.75 Å². The fraction of sp³-hybridized carbons (Fsp3) is 0.559. The molecule has 101 heavy (non-hydrogen) atoms. The van der Waals surface area contributed by atoms with E-state index in [0.29, 0.717) is 17.9 Å². The molecule has 1 saturated heterocycles. The Kier molecular flexibility index (Phi) is 31.7. The van der Waals surface area contributed by atoms with Crippen molar-refractivity contribution in [3.8, 4) is 17.0 Å². The fourth-order valence-corrected chi connectivity index (χ4v) is 9.89. The third kappa shape index (κ3) is 25.0. The van der Waals surface area contributed by atoms with Crippen molar-refractivity contribution in [2.24, 2.45) is 11.5 Å². The number of anilines is 2. The smallest absolute Gasteiger partial charge is 0.335 e. The van der Waals surface area contributed by atoms with Gasteiger partial charge in [0.15, 0.2) is 11.9 Å². The second-order valence-electron chi connectivity index (χ2n) is 23.6. The summed E-state index contributed by atoms with van der Waals surface area (Å²) in [6.45, 7) is 3.40. The maximum Gasteiger partial charge on any atom is 0.335 e. The first-order valence-corrected chi connectivity index (χ1v) is 31.7. The van der Waals surface area contributed by atoms with Gasteiger partial charge < -0.3 is 116 Å². The Balaban J connectivity index is 1.33. The van der Waals surface area contributed by atoms with Crippen LogP contribution in [0.3, 0.4) is 0 Å². The van der Waals surface area contributed by atoms with Crippen LogP contribution in [0.15, 0.2) is 23.0 Å². The van der Waals surface area contributed by atoms with Gasteiger partial charge >= 0.3 is 11.9 Å². The van der Waals surface area contributed by atoms with E-state index in [1.807, 2.05) is 10.6 Å². The number of carboxylic acid groups (broad SMARTS) is 2. The number of nitrogens with zero attached hydrogens (tertiary/aromatic N) is 2. The molecule has 4 rings (SSSR count). The van der Waals surface area contributed by atoms with Crippen molar-refractivity contribution in [2.45, 2.75) is 171 Å². The predicted molar refractivity (Wildman–Crippen MR) is 345 cm³/mol. The highest BCUT2D eigenvalue weighted by Gasteiger charge is 2.39. The summed E-state index contributed by atoms with van der Waals surface area (Å²) in [7, 11) is 0. The Morgan fingerprint density at radius 3 is 1.73 bits per heavy atom. The molecule has 0 aromatic heterocycles. The number of pyridine rings is 1. The molecule has 3 heterocycles. The number of primary amides is 1. The fourth-order valence-electron chi connectivity index (χ4n) is 9.89. The number of carbonyl (C=O) groups excluding carboxylic acids is 15. The van der Waals surface area contributed by atoms with E-state index in [9.17, 15) is 112 Å². The summed E-state index contributed by atoms with van der Waals surface area (Å²) in [4.78, 5) is 232. The standard InChI is InChI=1S/C59H86N18O24/c1-25(48(88)65-26(2)49(89)67-28(4)52(92)73-33-10-8-18-76(101)58(33)98)66-50(90)27(3)68-55(95)35(24-78)74-54(94)32(11-12-40(61)81)72-57(97)45(46(87)59(99)100)75-43(84)23-63-42(83)22-64-53(93)31(9-6-7-16-60)71-51(91)29(5)69-56(96)36-15-17-62-47-34(70-41(82)13-14-44(85)86)19-30-20-38(79)39(80)21-37(30)77(36)47/h19-21,25-29,31-33,35-36,45-46,62,78-79,87,101H,6-18,22-24,60H2,1-5H3,(H2,61,81)(H,63,83)(H,64,93)(H,65,88)(H,66,90)(H,67,89)(H,68,95)(H,69,96)(H,70,82)(H,71,91)(H,72,97)(H,73,92)(H,74,94)(H,75,84)(H,85,86)(H,99,100). The van der Waals surface area contributed by atoms with Gasteiger partial charge in [0.25, 0.3) is 5.91 Å². The van der Waals surface area contributed by atoms with Crippen LogP contribution in [0.25, 0.3) is 11.3 Å². The zero-order valence-corrected chi connectivity index (χ0v) is 55.6. The number of aromatic hydroxyl groups is 1. The number of phenolic OH excluding ortho intramolecular Hbond substituents is 1. The molecule has 15 amide bonds. The zero-order valence-electron chi connectivity index (χ0n) is 55.6. The van der Waals surface area contributed by atoms with E-state index in [1.54, 1.807) is 0 Å². The van der Waals surface area contributed by atoms with E-state index < -0.39 is 230 Å². The number of piperidine rings is 1. The summed E-state index contributed by atoms with van der Waals surface area (Å²) in [5.41, 5.74) is 10.5. The molecule has 4 aliphatic rings. The summed E-state index contributed by atoms with van der Waals surface area (Å²) in [6, 6.07) is -13.2. The van der Waals surface area contributed by atoms with Gasteiger partial charge in [-0.15, -0.1) is 0 Å². The van der Waals surface area contributed by atoms with Crippen molar-refractivity contribution in [3.63, 3.8) is 0 Å². The van der Waals surface area contributed by atoms with Crippen LogP contribution < -0.4 is 91.3 Å². The lowest BCUT2D eigenvalue weighted by Gasteiger charge is -2.34. The molecule has 0 radical (unpaired) electrons. The number of aliphatic hydroxyl groups is 2. The van der Waals surface area contributed by atoms with Crippen molar-refractivity contribution < 1.29 is 112 Å². The van der Waals surface area contributed by atoms with Gasteiger partial charge in [-0.2, -0.15) is 0 Å². The van der Waals surface area contributed by atoms with Gasteiger partial charge in [0.05, 0.1) is 37.5 Å². The molecule has 3 aliphatic heterocycles. The number of carboxylic acids is 2. The second-order valence-corrected chi connectivity index (χ2v) is 23.6. The summed E-state index contributed by atoms with van der Waals surface area (Å²) < 4.78 is 1.37. The second kappa shape index (κ2) is 38.9. The number of aromatic nitrogens is 1. The number of nitrogens with two attached hydrogens (primary N) is 2. The van der Waals surface area contributed by atoms with Crippen LogP contribution in [0.4, 0.5) is 11.5 Å². The normalized spacial score (nSPS) is 16.9. The first-order chi connectivity index (χ1) is 47.5. The zero-order chi connectivity index (χ0) is 75.7. The monoisotopic (exact) mass is 1430 g/mol. The molecule has 12 unspecified atom stereocenters. The van der Waals surface area contributed by atoms with Crippen molar-refractivity contribution in [3.05, 3.63) is 28.4 Å². The minimum atomic E-state index is -2.78. The molecular formula is C59H86N18O24. The van der Waals surface area contributed by atoms with Gasteiger partial charge in [-0.25, -0.2) is 9.86 Å². The van der Waals surface area contributed by atoms with Crippen LogP contribution in [0.2, 0.25) is 0 Å². The van der Waals surface area contributed by atoms with E-state index in [4.69, 9.17) is 16.6 Å². The number of nitrogens with one attached hydrogen (secondary N) is 14. The summed E-state index contributed by atoms with van der Waals surface area (Å²) in [5, 5.41) is 92.3. The maximum absolute atomic E-state index is 14.1. The number of hydrogen-bond donors (Lipinski definition) is 22. The van der Waals surface area contributed by atoms with Gasteiger partial charge in [0.2, 0.25) is 88.1 Å². The van der Waals surface area contributed by atoms with E-state index in [2.05, 4.69) is 63.8 Å². The molecule has 42 nitrogen and oxygen atoms in total. The molecular weight excluding hydrogens is 1340 g/mol. The van der Waals surface area contributed by atoms with Crippen LogP contribution in [-0.4, -0.2) is 247 Å². The van der Waals surface area contributed by atoms with Crippen molar-refractivity contribution in [1.82, 2.24) is 73.4 Å². The third-order valence-electron chi connectivity index (χ3n) is 15.6. The van der Waals surface area contributed by atoms with E-state index >= 15 is 0 Å². The average Bonchev–Trinajstić information content (AvgIpc) is 0.749. The number of rotatable bonds is 38. The predicted octanol–water partition coefficient (Wildman–Crippen LogP) is -9.16. The number of aliphatic hydroxyl groups excluding tert-OH is 2. The summed E-state index contributed by atoms with van der Waals surface area (Å²) >= 11 is 0. The molecule has 0 aromatic rings. The molecule has 0 aromatic carbocycles. The minimum absolute atomic E-state index is 0.0524. The molecule has 24 N–H and O–H groups in total. The van der Waals surface area contributed by atoms with Gasteiger partial charge in [0.1, 0.15) is 72.3 Å². The Bertz CT molecular complexity index is 3500. The molecule has 42 heteroatoms. The number of phenols is 1. The van der Waals surface area contributed by atoms with Crippen LogP contribution in [0.1, 0.15) is 105 Å². The number of carbonyl (C=O) groups is 17. The topological polar surface area (TPSA) is 657 Å². The number of hydrogen-bond acceptors (Lipinski definition) is 24. The number of fused-ring (bicyclic) bond motifs is 3. The Hall–Kier alpha value is -11.1. The van der Waals surface area contributed by atoms with Crippen LogP contribution >= 0.6 is 0 Å². The van der Waals surface area contributed by atoms with E-state index in [1.165, 1.54) is 38.3 Å². The Morgan fingerprint density at radius 2 is 1.15 bits per heavy atom. The van der Waals surface area contributed by atoms with Crippen molar-refractivity contribution >= 4 is 112 Å². The van der Waals surface area contributed by atoms with Crippen LogP contribution in [-0.2, 0) is 81.5 Å². The highest BCUT2D eigenvalue weighted by atomic mass is 16.5. The largest absolute Gasteiger partial charge is 0.504 e. The molecule has 0 saturated carbocycles. The SMILES string of the molecule is CC(NC(=O)C(C)NC(=O)C(C)NC(=O)C(CO)NC(=O)C(CCC(N)=O)NC(=O)C(NC(=O)CNC(=O)CNC(=O)C(CCCCN)NC(=O)C(C)NC(=O)C1CCNc2c(NC(=O)CCC(=O)O)cc3cc(O)c(=O)cc-3n21)C(O)C(=O)O)C(=O)NC(C)C(=O)NC1CCCN(O)C1=O. The molecule has 0 bridgehead atoms. The number of aliphatic carboxylic acids is 2. The van der Waals surface area contributed by atoms with E-state index in [0.717, 1.165) is 19.1 Å². The molecule has 1 aliphatic carbocycles. The highest BCUT2D eigenvalue weighted by molar-refractivity contribution is 6.01. The lowest BCUT2D eigenvalue weighted by molar-refractivity contribution is -0.173. The Labute approximate surface area is 574 Å². The highest BCUT2D eigenvalue weighted by Crippen LogP contribution is 2.40. The molecule has 1 fully saturated rings. The molecule has 12 atom stereocenters. The van der Waals surface area contributed by atoms with Gasteiger partial charge in [0, 0.05) is 37.6 Å². The lowest BCUT2D eigenvalue weighted by atomic mass is 10.0. The van der Waals surface area contributed by atoms with Crippen molar-refractivity contribution in [1.29, 1.82) is 0 Å². The van der Waals surface area contributed by atoms with Gasteiger partial charge in [-0.3, -0.25) is 86.7 Å². The number of amides is 15. The number of unbranched alkanes of at least 4 members (excludes halogenated alkanes) is 1. The first-order valence-electron chi connectivity index (χ1n) is 31.7.